The van der Waals surface area contributed by atoms with Crippen molar-refractivity contribution in [3.63, 3.8) is 0 Å². The number of alkyl halides is 1. The highest BCUT2D eigenvalue weighted by molar-refractivity contribution is 6.18. The van der Waals surface area contributed by atoms with Gasteiger partial charge in [-0.05, 0) is 6.92 Å². The molecule has 0 aliphatic rings. The lowest BCUT2D eigenvalue weighted by Crippen LogP contribution is -2.15. The van der Waals surface area contributed by atoms with E-state index in [4.69, 9.17) is 25.8 Å². The molecule has 78 valence electrons. The van der Waals surface area contributed by atoms with Gasteiger partial charge in [-0.25, -0.2) is 0 Å². The highest BCUT2D eigenvalue weighted by Gasteiger charge is 1.97. The third-order valence-corrected chi connectivity index (χ3v) is 1.75. The molecule has 0 bridgehead atoms. The van der Waals surface area contributed by atoms with Crippen LogP contribution >= 0.6 is 11.6 Å². The van der Waals surface area contributed by atoms with Crippen LogP contribution in [-0.2, 0) is 14.2 Å². The molecule has 4 heteroatoms. The van der Waals surface area contributed by atoms with Crippen LogP contribution in [0.25, 0.3) is 0 Å². The zero-order valence-electron chi connectivity index (χ0n) is 8.00. The van der Waals surface area contributed by atoms with Gasteiger partial charge >= 0.3 is 0 Å². The zero-order chi connectivity index (χ0) is 9.94. The van der Waals surface area contributed by atoms with Gasteiger partial charge in [-0.3, -0.25) is 0 Å². The van der Waals surface area contributed by atoms with Crippen molar-refractivity contribution in [3.8, 4) is 0 Å². The Hall–Kier alpha value is -0.250. The molecular weight excluding hydrogens is 192 g/mol. The van der Waals surface area contributed by atoms with Crippen LogP contribution in [0.15, 0.2) is 12.8 Å². The Morgan fingerprint density at radius 1 is 1.31 bits per heavy atom. The number of halogens is 1. The molecule has 1 atom stereocenters. The Kier molecular flexibility index (Phi) is 9.65. The van der Waals surface area contributed by atoms with E-state index in [0.717, 1.165) is 0 Å². The van der Waals surface area contributed by atoms with Crippen molar-refractivity contribution in [2.24, 2.45) is 0 Å². The van der Waals surface area contributed by atoms with Gasteiger partial charge in [-0.1, -0.05) is 6.58 Å². The van der Waals surface area contributed by atoms with E-state index in [2.05, 4.69) is 6.58 Å². The molecule has 0 radical (unpaired) electrons. The van der Waals surface area contributed by atoms with Gasteiger partial charge in [0, 0.05) is 5.88 Å². The van der Waals surface area contributed by atoms with Crippen LogP contribution in [0, 0.1) is 0 Å². The molecule has 0 heterocycles. The van der Waals surface area contributed by atoms with Crippen molar-refractivity contribution in [1.82, 2.24) is 0 Å². The van der Waals surface area contributed by atoms with Crippen LogP contribution in [0.4, 0.5) is 0 Å². The van der Waals surface area contributed by atoms with Crippen molar-refractivity contribution >= 4 is 11.6 Å². The summed E-state index contributed by atoms with van der Waals surface area (Å²) in [4.78, 5) is 0. The van der Waals surface area contributed by atoms with Crippen molar-refractivity contribution in [2.45, 2.75) is 13.0 Å². The predicted molar refractivity (Wildman–Crippen MR) is 53.1 cm³/mol. The normalized spacial score (nSPS) is 12.5. The van der Waals surface area contributed by atoms with Crippen LogP contribution < -0.4 is 0 Å². The summed E-state index contributed by atoms with van der Waals surface area (Å²) < 4.78 is 15.3. The molecule has 0 aliphatic carbocycles. The van der Waals surface area contributed by atoms with Crippen LogP contribution in [0.2, 0.25) is 0 Å². The van der Waals surface area contributed by atoms with Crippen molar-refractivity contribution in [1.29, 1.82) is 0 Å². The summed E-state index contributed by atoms with van der Waals surface area (Å²) in [6.07, 6.45) is 1.49. The summed E-state index contributed by atoms with van der Waals surface area (Å²) in [6, 6.07) is 0. The van der Waals surface area contributed by atoms with Gasteiger partial charge < -0.3 is 14.2 Å². The van der Waals surface area contributed by atoms with E-state index in [-0.39, 0.29) is 6.10 Å². The molecule has 0 saturated carbocycles. The quantitative estimate of drug-likeness (QED) is 0.329. The molecule has 0 saturated heterocycles. The van der Waals surface area contributed by atoms with Crippen molar-refractivity contribution in [3.05, 3.63) is 12.8 Å². The van der Waals surface area contributed by atoms with Gasteiger partial charge in [0.2, 0.25) is 0 Å². The molecule has 0 aromatic heterocycles. The average molecular weight is 209 g/mol. The van der Waals surface area contributed by atoms with Crippen LogP contribution in [0.1, 0.15) is 6.92 Å². The highest BCUT2D eigenvalue weighted by atomic mass is 35.5. The van der Waals surface area contributed by atoms with Crippen molar-refractivity contribution < 1.29 is 14.2 Å². The fraction of sp³-hybridized carbons (Fsp3) is 0.778. The fourth-order valence-corrected chi connectivity index (χ4v) is 0.734. The van der Waals surface area contributed by atoms with E-state index in [0.29, 0.717) is 32.3 Å². The average Bonchev–Trinajstić information content (AvgIpc) is 2.16. The highest BCUT2D eigenvalue weighted by Crippen LogP contribution is 1.92. The standard InChI is InChI=1S/C9H17ClO3/c1-3-11-4-5-12-6-7-13-9(2)8-10/h3,9H,1,4-8H2,2H3. The topological polar surface area (TPSA) is 27.7 Å². The summed E-state index contributed by atoms with van der Waals surface area (Å²) in [5, 5.41) is 0. The maximum absolute atomic E-state index is 5.54. The first-order chi connectivity index (χ1) is 6.31. The monoisotopic (exact) mass is 208 g/mol. The van der Waals surface area contributed by atoms with E-state index < -0.39 is 0 Å². The Morgan fingerprint density at radius 2 is 2.00 bits per heavy atom. The van der Waals surface area contributed by atoms with Gasteiger partial charge in [-0.15, -0.1) is 11.6 Å². The first-order valence-electron chi connectivity index (χ1n) is 4.29. The van der Waals surface area contributed by atoms with E-state index in [1.165, 1.54) is 6.26 Å². The molecule has 0 aliphatic heterocycles. The first kappa shape index (κ1) is 12.8. The lowest BCUT2D eigenvalue weighted by Gasteiger charge is -2.09. The number of hydrogen-bond donors (Lipinski definition) is 0. The molecule has 0 spiro atoms. The smallest absolute Gasteiger partial charge is 0.111 e. The molecule has 0 aromatic carbocycles. The molecule has 0 N–H and O–H groups in total. The Bertz CT molecular complexity index is 119. The van der Waals surface area contributed by atoms with Gasteiger partial charge in [0.15, 0.2) is 0 Å². The molecule has 13 heavy (non-hydrogen) atoms. The van der Waals surface area contributed by atoms with E-state index in [1.807, 2.05) is 6.92 Å². The number of rotatable bonds is 9. The number of ether oxygens (including phenoxy) is 3. The fourth-order valence-electron chi connectivity index (χ4n) is 0.645. The van der Waals surface area contributed by atoms with Gasteiger partial charge in [0.25, 0.3) is 0 Å². The maximum Gasteiger partial charge on any atom is 0.111 e. The molecule has 0 aromatic rings. The Morgan fingerprint density at radius 3 is 2.62 bits per heavy atom. The molecule has 0 fully saturated rings. The third-order valence-electron chi connectivity index (χ3n) is 1.31. The van der Waals surface area contributed by atoms with Gasteiger partial charge in [0.05, 0.1) is 32.2 Å². The van der Waals surface area contributed by atoms with Gasteiger partial charge in [-0.2, -0.15) is 0 Å². The molecule has 3 nitrogen and oxygen atoms in total. The second kappa shape index (κ2) is 9.84. The summed E-state index contributed by atoms with van der Waals surface area (Å²) in [5.41, 5.74) is 0. The predicted octanol–water partition coefficient (Wildman–Crippen LogP) is 1.81. The molecule has 1 unspecified atom stereocenters. The Labute approximate surface area is 84.6 Å². The minimum absolute atomic E-state index is 0.0923. The van der Waals surface area contributed by atoms with E-state index in [1.54, 1.807) is 0 Å². The van der Waals surface area contributed by atoms with E-state index in [9.17, 15) is 0 Å². The second-order valence-electron chi connectivity index (χ2n) is 2.49. The first-order valence-corrected chi connectivity index (χ1v) is 4.82. The summed E-state index contributed by atoms with van der Waals surface area (Å²) in [7, 11) is 0. The third kappa shape index (κ3) is 9.67. The maximum atomic E-state index is 5.54. The van der Waals surface area contributed by atoms with Gasteiger partial charge in [0.1, 0.15) is 6.61 Å². The minimum atomic E-state index is 0.0923. The van der Waals surface area contributed by atoms with Crippen LogP contribution in [-0.4, -0.2) is 38.4 Å². The summed E-state index contributed by atoms with van der Waals surface area (Å²) >= 11 is 5.54. The van der Waals surface area contributed by atoms with Crippen LogP contribution in [0.3, 0.4) is 0 Å². The lowest BCUT2D eigenvalue weighted by molar-refractivity contribution is 0.00986. The van der Waals surface area contributed by atoms with E-state index >= 15 is 0 Å². The lowest BCUT2D eigenvalue weighted by atomic mass is 10.5. The van der Waals surface area contributed by atoms with Crippen LogP contribution in [0.5, 0.6) is 0 Å². The Balaban J connectivity index is 2.95. The molecule has 0 amide bonds. The largest absolute Gasteiger partial charge is 0.499 e. The SMILES string of the molecule is C=COCCOCCOC(C)CCl. The summed E-state index contributed by atoms with van der Waals surface area (Å²) in [6.45, 7) is 7.58. The second-order valence-corrected chi connectivity index (χ2v) is 2.79. The minimum Gasteiger partial charge on any atom is -0.499 e. The zero-order valence-corrected chi connectivity index (χ0v) is 8.76. The summed E-state index contributed by atoms with van der Waals surface area (Å²) in [5.74, 6) is 0.513. The molecule has 0 rings (SSSR count). The van der Waals surface area contributed by atoms with Crippen molar-refractivity contribution in [2.75, 3.05) is 32.3 Å². The number of hydrogen-bond acceptors (Lipinski definition) is 3. The molecular formula is C9H17ClO3.